The molecular weight excluding hydrogens is 322 g/mol. The minimum absolute atomic E-state index is 0.252. The number of imide groups is 1. The van der Waals surface area contributed by atoms with E-state index in [9.17, 15) is 19.2 Å². The monoisotopic (exact) mass is 343 g/mol. The normalized spacial score (nSPS) is 24.2. The molecule has 7 nitrogen and oxygen atoms in total. The van der Waals surface area contributed by atoms with Crippen molar-refractivity contribution < 1.29 is 19.2 Å². The van der Waals surface area contributed by atoms with Crippen LogP contribution in [0.15, 0.2) is 18.2 Å². The fraction of sp³-hybridized carbons (Fsp3) is 0.444. The molecule has 0 unspecified atom stereocenters. The van der Waals surface area contributed by atoms with Gasteiger partial charge in [-0.05, 0) is 36.8 Å². The van der Waals surface area contributed by atoms with Gasteiger partial charge in [0.15, 0.2) is 0 Å². The molecule has 2 bridgehead atoms. The van der Waals surface area contributed by atoms with Crippen LogP contribution in [0.25, 0.3) is 0 Å². The number of carbonyl (C=O) groups is 4. The number of rotatable bonds is 4. The minimum Gasteiger partial charge on any atom is -0.333 e. The zero-order valence-corrected chi connectivity index (χ0v) is 14.3. The first kappa shape index (κ1) is 17.1. The molecule has 2 saturated heterocycles. The summed E-state index contributed by atoms with van der Waals surface area (Å²) in [6.45, 7) is 3.95. The fourth-order valence-corrected chi connectivity index (χ4v) is 3.49. The Balaban J connectivity index is 1.72. The first-order valence-electron chi connectivity index (χ1n) is 8.49. The van der Waals surface area contributed by atoms with Gasteiger partial charge >= 0.3 is 11.8 Å². The van der Waals surface area contributed by atoms with Gasteiger partial charge in [-0.3, -0.25) is 24.5 Å². The summed E-state index contributed by atoms with van der Waals surface area (Å²) in [7, 11) is 0. The Labute approximate surface area is 145 Å². The topological polar surface area (TPSA) is 104 Å². The molecule has 1 aromatic carbocycles. The lowest BCUT2D eigenvalue weighted by molar-refractivity contribution is -0.156. The van der Waals surface area contributed by atoms with E-state index in [2.05, 4.69) is 16.0 Å². The van der Waals surface area contributed by atoms with Crippen LogP contribution >= 0.6 is 0 Å². The molecule has 25 heavy (non-hydrogen) atoms. The van der Waals surface area contributed by atoms with Crippen LogP contribution in [-0.2, 0) is 32.0 Å². The Morgan fingerprint density at radius 2 is 1.72 bits per heavy atom. The second-order valence-corrected chi connectivity index (χ2v) is 6.57. The summed E-state index contributed by atoms with van der Waals surface area (Å²) in [6, 6.07) is 5.73. The number of para-hydroxylation sites is 1. The largest absolute Gasteiger partial charge is 0.333 e. The van der Waals surface area contributed by atoms with E-state index in [0.29, 0.717) is 5.69 Å². The smallest absolute Gasteiger partial charge is 0.313 e. The summed E-state index contributed by atoms with van der Waals surface area (Å²) >= 11 is 0. The SMILES string of the molecule is CCc1cccc(CC)c1NC(=O)C(=O)NC12CC(C1)C(=O)NC2=O. The summed E-state index contributed by atoms with van der Waals surface area (Å²) in [6.07, 6.45) is 1.95. The third kappa shape index (κ3) is 2.90. The van der Waals surface area contributed by atoms with E-state index in [1.54, 1.807) is 0 Å². The predicted octanol–water partition coefficient (Wildman–Crippen LogP) is 0.671. The van der Waals surface area contributed by atoms with Crippen molar-refractivity contribution in [2.24, 2.45) is 5.92 Å². The lowest BCUT2D eigenvalue weighted by Gasteiger charge is -2.49. The highest BCUT2D eigenvalue weighted by Crippen LogP contribution is 2.41. The van der Waals surface area contributed by atoms with Crippen LogP contribution in [0, 0.1) is 5.92 Å². The molecule has 1 aliphatic carbocycles. The maximum atomic E-state index is 12.3. The lowest BCUT2D eigenvalue weighted by Crippen LogP contribution is -2.73. The number of amides is 4. The van der Waals surface area contributed by atoms with Crippen molar-refractivity contribution in [1.82, 2.24) is 10.6 Å². The molecule has 0 radical (unpaired) electrons. The van der Waals surface area contributed by atoms with Gasteiger partial charge in [0.1, 0.15) is 5.54 Å². The van der Waals surface area contributed by atoms with E-state index < -0.39 is 23.3 Å². The van der Waals surface area contributed by atoms with Crippen molar-refractivity contribution in [3.05, 3.63) is 29.3 Å². The Bertz CT molecular complexity index is 743. The van der Waals surface area contributed by atoms with Crippen LogP contribution in [-0.4, -0.2) is 29.2 Å². The standard InChI is InChI=1S/C18H21N3O4/c1-3-10-6-5-7-11(4-2)13(10)19-15(23)16(24)21-18-8-12(9-18)14(22)20-17(18)25/h5-7,12H,3-4,8-9H2,1-2H3,(H,19,23)(H,21,24)(H,20,22,25). The van der Waals surface area contributed by atoms with Gasteiger partial charge in [-0.2, -0.15) is 0 Å². The van der Waals surface area contributed by atoms with Crippen LogP contribution in [0.4, 0.5) is 5.69 Å². The van der Waals surface area contributed by atoms with E-state index in [-0.39, 0.29) is 24.7 Å². The van der Waals surface area contributed by atoms with Crippen molar-refractivity contribution in [3.8, 4) is 0 Å². The average Bonchev–Trinajstić information content (AvgIpc) is 2.56. The lowest BCUT2D eigenvalue weighted by atomic mass is 9.64. The van der Waals surface area contributed by atoms with Crippen LogP contribution in [0.5, 0.6) is 0 Å². The zero-order valence-electron chi connectivity index (χ0n) is 14.3. The Kier molecular flexibility index (Phi) is 4.32. The van der Waals surface area contributed by atoms with Crippen LogP contribution in [0.1, 0.15) is 37.8 Å². The van der Waals surface area contributed by atoms with Gasteiger partial charge in [-0.15, -0.1) is 0 Å². The van der Waals surface area contributed by atoms with Crippen molar-refractivity contribution in [1.29, 1.82) is 0 Å². The fourth-order valence-electron chi connectivity index (χ4n) is 3.49. The molecule has 3 fully saturated rings. The second-order valence-electron chi connectivity index (χ2n) is 6.57. The molecular formula is C18H21N3O4. The summed E-state index contributed by atoms with van der Waals surface area (Å²) in [5, 5.41) is 7.42. The van der Waals surface area contributed by atoms with Crippen LogP contribution in [0.2, 0.25) is 0 Å². The highest BCUT2D eigenvalue weighted by atomic mass is 16.2. The molecule has 0 spiro atoms. The second kappa shape index (κ2) is 6.31. The van der Waals surface area contributed by atoms with E-state index in [4.69, 9.17) is 0 Å². The number of piperidine rings is 2. The molecule has 3 N–H and O–H groups in total. The number of nitrogens with one attached hydrogen (secondary N) is 3. The van der Waals surface area contributed by atoms with Crippen molar-refractivity contribution in [3.63, 3.8) is 0 Å². The van der Waals surface area contributed by atoms with Crippen molar-refractivity contribution >= 4 is 29.3 Å². The average molecular weight is 343 g/mol. The number of fused-ring (bicyclic) bond motifs is 2. The maximum Gasteiger partial charge on any atom is 0.313 e. The molecule has 0 aromatic heterocycles. The van der Waals surface area contributed by atoms with Crippen LogP contribution < -0.4 is 16.0 Å². The Hall–Kier alpha value is -2.70. The zero-order chi connectivity index (χ0) is 18.2. The first-order valence-corrected chi connectivity index (χ1v) is 8.49. The van der Waals surface area contributed by atoms with E-state index >= 15 is 0 Å². The van der Waals surface area contributed by atoms with Crippen LogP contribution in [0.3, 0.4) is 0 Å². The van der Waals surface area contributed by atoms with Gasteiger partial charge < -0.3 is 10.6 Å². The van der Waals surface area contributed by atoms with Gasteiger partial charge in [-0.1, -0.05) is 32.0 Å². The molecule has 0 atom stereocenters. The van der Waals surface area contributed by atoms with E-state index in [1.807, 2.05) is 32.0 Å². The molecule has 4 amide bonds. The molecule has 2 aliphatic heterocycles. The molecule has 7 heteroatoms. The Morgan fingerprint density at radius 3 is 2.24 bits per heavy atom. The number of benzene rings is 1. The summed E-state index contributed by atoms with van der Waals surface area (Å²) in [5.74, 6) is -2.79. The minimum atomic E-state index is -1.13. The number of hydrogen-bond donors (Lipinski definition) is 3. The highest BCUT2D eigenvalue weighted by Gasteiger charge is 2.58. The first-order chi connectivity index (χ1) is 11.9. The number of hydrogen-bond acceptors (Lipinski definition) is 4. The number of carbonyl (C=O) groups excluding carboxylic acids is 4. The van der Waals surface area contributed by atoms with Crippen molar-refractivity contribution in [2.45, 2.75) is 45.1 Å². The van der Waals surface area contributed by atoms with E-state index in [0.717, 1.165) is 24.0 Å². The van der Waals surface area contributed by atoms with Gasteiger partial charge in [0.05, 0.1) is 0 Å². The molecule has 1 saturated carbocycles. The molecule has 2 heterocycles. The third-order valence-corrected chi connectivity index (χ3v) is 5.03. The van der Waals surface area contributed by atoms with Gasteiger partial charge in [0.2, 0.25) is 5.91 Å². The number of aryl methyl sites for hydroxylation is 2. The van der Waals surface area contributed by atoms with Gasteiger partial charge in [0, 0.05) is 11.6 Å². The third-order valence-electron chi connectivity index (χ3n) is 5.03. The highest BCUT2D eigenvalue weighted by molar-refractivity contribution is 6.40. The number of anilines is 1. The quantitative estimate of drug-likeness (QED) is 0.552. The molecule has 4 rings (SSSR count). The summed E-state index contributed by atoms with van der Waals surface area (Å²) in [5.41, 5.74) is 1.41. The van der Waals surface area contributed by atoms with Crippen molar-refractivity contribution in [2.75, 3.05) is 5.32 Å². The molecule has 132 valence electrons. The maximum absolute atomic E-state index is 12.3. The van der Waals surface area contributed by atoms with Gasteiger partial charge in [-0.25, -0.2) is 0 Å². The summed E-state index contributed by atoms with van der Waals surface area (Å²) < 4.78 is 0. The molecule has 1 aromatic rings. The summed E-state index contributed by atoms with van der Waals surface area (Å²) in [4.78, 5) is 48.1. The van der Waals surface area contributed by atoms with E-state index in [1.165, 1.54) is 0 Å². The predicted molar refractivity (Wildman–Crippen MR) is 90.6 cm³/mol. The van der Waals surface area contributed by atoms with Gasteiger partial charge in [0.25, 0.3) is 5.91 Å². The molecule has 3 aliphatic rings. The Morgan fingerprint density at radius 1 is 1.12 bits per heavy atom.